The van der Waals surface area contributed by atoms with Crippen LogP contribution in [-0.4, -0.2) is 29.8 Å². The van der Waals surface area contributed by atoms with E-state index in [-0.39, 0.29) is 11.7 Å². The fraction of sp³-hybridized carbons (Fsp3) is 0.450. The first-order valence-electron chi connectivity index (χ1n) is 9.14. The molecule has 2 aromatic rings. The van der Waals surface area contributed by atoms with Crippen molar-refractivity contribution in [3.8, 4) is 17.0 Å². The minimum Gasteiger partial charge on any atom is -0.483 e. The van der Waals surface area contributed by atoms with E-state index in [1.165, 1.54) is 5.56 Å². The SMILES string of the molecule is Cc1c(NC[C@H]2CCCO2)cc(=O)n2c1-c1cc(OCS)ccc1CC2. The molecule has 6 heteroatoms. The van der Waals surface area contributed by atoms with E-state index >= 15 is 0 Å². The van der Waals surface area contributed by atoms with Gasteiger partial charge >= 0.3 is 0 Å². The highest BCUT2D eigenvalue weighted by atomic mass is 32.1. The summed E-state index contributed by atoms with van der Waals surface area (Å²) in [6.45, 7) is 4.35. The number of hydrogen-bond acceptors (Lipinski definition) is 5. The average Bonchev–Trinajstić information content (AvgIpc) is 3.16. The van der Waals surface area contributed by atoms with E-state index in [0.717, 1.165) is 60.7 Å². The van der Waals surface area contributed by atoms with Gasteiger partial charge in [0.2, 0.25) is 0 Å². The number of ether oxygens (including phenoxy) is 2. The molecule has 0 radical (unpaired) electrons. The number of aromatic nitrogens is 1. The van der Waals surface area contributed by atoms with Gasteiger partial charge in [-0.1, -0.05) is 6.07 Å². The van der Waals surface area contributed by atoms with Crippen molar-refractivity contribution in [1.29, 1.82) is 0 Å². The molecule has 26 heavy (non-hydrogen) atoms. The summed E-state index contributed by atoms with van der Waals surface area (Å²) in [5.74, 6) is 1.10. The number of nitrogens with zero attached hydrogens (tertiary/aromatic N) is 1. The highest BCUT2D eigenvalue weighted by Crippen LogP contribution is 2.36. The van der Waals surface area contributed by atoms with Crippen molar-refractivity contribution in [3.05, 3.63) is 45.7 Å². The first-order chi connectivity index (χ1) is 12.7. The van der Waals surface area contributed by atoms with E-state index in [2.05, 4.69) is 30.9 Å². The number of thiol groups is 1. The molecule has 1 fully saturated rings. The van der Waals surface area contributed by atoms with Crippen molar-refractivity contribution in [2.45, 2.75) is 38.8 Å². The zero-order valence-corrected chi connectivity index (χ0v) is 15.9. The van der Waals surface area contributed by atoms with Crippen LogP contribution >= 0.6 is 12.6 Å². The van der Waals surface area contributed by atoms with Crippen LogP contribution in [0.1, 0.15) is 24.0 Å². The number of benzene rings is 1. The average molecular weight is 372 g/mol. The van der Waals surface area contributed by atoms with E-state index in [1.54, 1.807) is 6.07 Å². The summed E-state index contributed by atoms with van der Waals surface area (Å²) in [5, 5.41) is 3.43. The van der Waals surface area contributed by atoms with Crippen LogP contribution in [0.3, 0.4) is 0 Å². The Morgan fingerprint density at radius 3 is 3.04 bits per heavy atom. The molecule has 1 aromatic heterocycles. The summed E-state index contributed by atoms with van der Waals surface area (Å²) in [4.78, 5) is 12.7. The van der Waals surface area contributed by atoms with Gasteiger partial charge < -0.3 is 19.4 Å². The second-order valence-electron chi connectivity index (χ2n) is 6.88. The molecule has 1 aromatic carbocycles. The number of aryl methyl sites for hydroxylation is 1. The van der Waals surface area contributed by atoms with Gasteiger partial charge in [-0.05, 0) is 49.4 Å². The Kier molecular flexibility index (Phi) is 4.96. The number of anilines is 1. The summed E-state index contributed by atoms with van der Waals surface area (Å²) in [6, 6.07) is 7.80. The second kappa shape index (κ2) is 7.37. The van der Waals surface area contributed by atoms with Crippen molar-refractivity contribution in [2.24, 2.45) is 0 Å². The maximum absolute atomic E-state index is 12.7. The Labute approximate surface area is 158 Å². The Hall–Kier alpha value is -1.92. The molecule has 2 aliphatic rings. The van der Waals surface area contributed by atoms with Crippen molar-refractivity contribution >= 4 is 18.3 Å². The molecule has 0 saturated carbocycles. The zero-order chi connectivity index (χ0) is 18.1. The van der Waals surface area contributed by atoms with Crippen LogP contribution in [0.4, 0.5) is 5.69 Å². The highest BCUT2D eigenvalue weighted by Gasteiger charge is 2.22. The second-order valence-corrected chi connectivity index (χ2v) is 7.14. The maximum atomic E-state index is 12.7. The van der Waals surface area contributed by atoms with Crippen LogP contribution in [0, 0.1) is 6.92 Å². The fourth-order valence-electron chi connectivity index (χ4n) is 3.92. The molecule has 0 amide bonds. The topological polar surface area (TPSA) is 52.5 Å². The van der Waals surface area contributed by atoms with E-state index in [4.69, 9.17) is 9.47 Å². The van der Waals surface area contributed by atoms with Crippen LogP contribution < -0.4 is 15.6 Å². The zero-order valence-electron chi connectivity index (χ0n) is 15.0. The Balaban J connectivity index is 1.73. The van der Waals surface area contributed by atoms with Gasteiger partial charge in [-0.3, -0.25) is 4.79 Å². The lowest BCUT2D eigenvalue weighted by Gasteiger charge is -2.26. The third kappa shape index (κ3) is 3.23. The largest absolute Gasteiger partial charge is 0.483 e. The lowest BCUT2D eigenvalue weighted by Crippen LogP contribution is -2.28. The minimum absolute atomic E-state index is 0.0339. The van der Waals surface area contributed by atoms with Crippen molar-refractivity contribution < 1.29 is 9.47 Å². The van der Waals surface area contributed by atoms with Crippen molar-refractivity contribution in [2.75, 3.05) is 24.4 Å². The van der Waals surface area contributed by atoms with Gasteiger partial charge in [-0.2, -0.15) is 0 Å². The maximum Gasteiger partial charge on any atom is 0.253 e. The Morgan fingerprint density at radius 2 is 2.27 bits per heavy atom. The molecule has 5 nitrogen and oxygen atoms in total. The molecule has 0 aliphatic carbocycles. The molecule has 1 saturated heterocycles. The molecule has 1 atom stereocenters. The normalized spacial score (nSPS) is 18.3. The highest BCUT2D eigenvalue weighted by molar-refractivity contribution is 7.80. The summed E-state index contributed by atoms with van der Waals surface area (Å²) in [5.41, 5.74) is 5.32. The minimum atomic E-state index is 0.0339. The first kappa shape index (κ1) is 17.5. The molecule has 3 heterocycles. The van der Waals surface area contributed by atoms with E-state index in [0.29, 0.717) is 12.5 Å². The van der Waals surface area contributed by atoms with Crippen LogP contribution in [0.15, 0.2) is 29.1 Å². The number of pyridine rings is 1. The Bertz CT molecular complexity index is 872. The Morgan fingerprint density at radius 1 is 1.38 bits per heavy atom. The summed E-state index contributed by atoms with van der Waals surface area (Å²) in [6.07, 6.45) is 3.27. The molecule has 4 rings (SSSR count). The molecule has 0 bridgehead atoms. The van der Waals surface area contributed by atoms with Gasteiger partial charge in [-0.15, -0.1) is 12.6 Å². The molecular weight excluding hydrogens is 348 g/mol. The third-order valence-electron chi connectivity index (χ3n) is 5.28. The van der Waals surface area contributed by atoms with Gasteiger partial charge in [0.1, 0.15) is 11.7 Å². The predicted molar refractivity (Wildman–Crippen MR) is 107 cm³/mol. The molecule has 1 N–H and O–H groups in total. The van der Waals surface area contributed by atoms with Gasteiger partial charge in [0, 0.05) is 37.0 Å². The van der Waals surface area contributed by atoms with E-state index in [1.807, 2.05) is 16.7 Å². The van der Waals surface area contributed by atoms with Gasteiger partial charge in [0.05, 0.1) is 11.8 Å². The number of nitrogens with one attached hydrogen (secondary N) is 1. The summed E-state index contributed by atoms with van der Waals surface area (Å²) < 4.78 is 13.1. The lowest BCUT2D eigenvalue weighted by atomic mass is 9.94. The van der Waals surface area contributed by atoms with Crippen molar-refractivity contribution in [1.82, 2.24) is 4.57 Å². The van der Waals surface area contributed by atoms with Gasteiger partial charge in [0.15, 0.2) is 0 Å². The monoisotopic (exact) mass is 372 g/mol. The first-order valence-corrected chi connectivity index (χ1v) is 9.77. The molecular formula is C20H24N2O3S. The third-order valence-corrected chi connectivity index (χ3v) is 5.41. The van der Waals surface area contributed by atoms with Crippen molar-refractivity contribution in [3.63, 3.8) is 0 Å². The van der Waals surface area contributed by atoms with Crippen LogP contribution in [0.25, 0.3) is 11.3 Å². The number of fused-ring (bicyclic) bond motifs is 3. The quantitative estimate of drug-likeness (QED) is 0.625. The molecule has 0 spiro atoms. The molecule has 2 aliphatic heterocycles. The summed E-state index contributed by atoms with van der Waals surface area (Å²) in [7, 11) is 0. The smallest absolute Gasteiger partial charge is 0.253 e. The van der Waals surface area contributed by atoms with Crippen LogP contribution in [-0.2, 0) is 17.7 Å². The standard InChI is InChI=1S/C20H24N2O3S/c1-13-18(21-11-16-3-2-8-24-16)10-19(23)22-7-6-14-4-5-15(25-12-26)9-17(14)20(13)22/h4-5,9-10,16,21,26H,2-3,6-8,11-12H2,1H3/t16-/m1/s1. The van der Waals surface area contributed by atoms with Gasteiger partial charge in [-0.25, -0.2) is 0 Å². The lowest BCUT2D eigenvalue weighted by molar-refractivity contribution is 0.120. The number of rotatable bonds is 5. The van der Waals surface area contributed by atoms with Crippen LogP contribution in [0.5, 0.6) is 5.75 Å². The summed E-state index contributed by atoms with van der Waals surface area (Å²) >= 11 is 4.14. The molecule has 138 valence electrons. The van der Waals surface area contributed by atoms with E-state index in [9.17, 15) is 4.79 Å². The van der Waals surface area contributed by atoms with E-state index < -0.39 is 0 Å². The predicted octanol–water partition coefficient (Wildman–Crippen LogP) is 3.24. The fourth-order valence-corrected chi connectivity index (χ4v) is 4.07. The number of hydrogen-bond donors (Lipinski definition) is 2. The van der Waals surface area contributed by atoms with Crippen LogP contribution in [0.2, 0.25) is 0 Å². The van der Waals surface area contributed by atoms with Gasteiger partial charge in [0.25, 0.3) is 5.56 Å². The molecule has 0 unspecified atom stereocenters.